The van der Waals surface area contributed by atoms with Gasteiger partial charge in [0.2, 0.25) is 0 Å². The summed E-state index contributed by atoms with van der Waals surface area (Å²) in [5.74, 6) is 0.899. The Morgan fingerprint density at radius 1 is 1.44 bits per heavy atom. The molecule has 0 N–H and O–H groups in total. The van der Waals surface area contributed by atoms with Gasteiger partial charge in [0, 0.05) is 29.0 Å². The Kier molecular flexibility index (Phi) is 4.00. The topological polar surface area (TPSA) is 51.3 Å². The summed E-state index contributed by atoms with van der Waals surface area (Å²) < 4.78 is 7.61. The van der Waals surface area contributed by atoms with E-state index in [4.69, 9.17) is 4.42 Å². The molecule has 1 amide bonds. The number of nitrogens with zero attached hydrogens (tertiary/aromatic N) is 3. The average Bonchev–Trinajstić information content (AvgIpc) is 3.03. The highest BCUT2D eigenvalue weighted by Gasteiger charge is 2.38. The summed E-state index contributed by atoms with van der Waals surface area (Å²) >= 11 is 1.57. The van der Waals surface area contributed by atoms with Gasteiger partial charge in [-0.05, 0) is 51.8 Å². The molecule has 4 rings (SSSR count). The highest BCUT2D eigenvalue weighted by atomic mass is 32.1. The molecule has 6 heteroatoms. The number of aryl methyl sites for hydroxylation is 1. The van der Waals surface area contributed by atoms with Crippen LogP contribution < -0.4 is 0 Å². The van der Waals surface area contributed by atoms with Crippen LogP contribution in [0.15, 0.2) is 40.5 Å². The maximum absolute atomic E-state index is 13.4. The van der Waals surface area contributed by atoms with Gasteiger partial charge in [-0.3, -0.25) is 9.36 Å². The standard InChI is InChI=1S/C19H21N3O2S/c1-12-11-16(13(2)21(12)19-20-8-10-25-19)18(23)22(15-6-7-15)14(3)17-5-4-9-24-17/h4-5,8-11,14-15H,6-7H2,1-3H3/t14-/m1/s1. The second-order valence-electron chi connectivity index (χ2n) is 6.57. The Labute approximate surface area is 150 Å². The maximum atomic E-state index is 13.4. The first-order chi connectivity index (χ1) is 12.1. The molecule has 3 aromatic rings. The Hall–Kier alpha value is -2.34. The molecule has 130 valence electrons. The van der Waals surface area contributed by atoms with Crippen LogP contribution in [0.1, 0.15) is 53.3 Å². The lowest BCUT2D eigenvalue weighted by atomic mass is 10.1. The van der Waals surface area contributed by atoms with Gasteiger partial charge < -0.3 is 9.32 Å². The van der Waals surface area contributed by atoms with Gasteiger partial charge in [0.1, 0.15) is 5.76 Å². The van der Waals surface area contributed by atoms with Gasteiger partial charge >= 0.3 is 0 Å². The summed E-state index contributed by atoms with van der Waals surface area (Å²) in [4.78, 5) is 19.7. The second-order valence-corrected chi connectivity index (χ2v) is 7.44. The molecule has 3 heterocycles. The highest BCUT2D eigenvalue weighted by molar-refractivity contribution is 7.12. The van der Waals surface area contributed by atoms with E-state index >= 15 is 0 Å². The molecule has 1 fully saturated rings. The SMILES string of the molecule is Cc1cc(C(=O)N(C2CC2)[C@H](C)c2ccco2)c(C)n1-c1nccs1. The smallest absolute Gasteiger partial charge is 0.256 e. The number of rotatable bonds is 5. The van der Waals surface area contributed by atoms with Gasteiger partial charge in [-0.15, -0.1) is 11.3 Å². The van der Waals surface area contributed by atoms with Crippen molar-refractivity contribution < 1.29 is 9.21 Å². The van der Waals surface area contributed by atoms with E-state index < -0.39 is 0 Å². The molecule has 0 bridgehead atoms. The minimum Gasteiger partial charge on any atom is -0.467 e. The maximum Gasteiger partial charge on any atom is 0.256 e. The van der Waals surface area contributed by atoms with Crippen molar-refractivity contribution in [3.05, 3.63) is 58.8 Å². The quantitative estimate of drug-likeness (QED) is 0.677. The molecule has 0 radical (unpaired) electrons. The lowest BCUT2D eigenvalue weighted by molar-refractivity contribution is 0.0652. The van der Waals surface area contributed by atoms with E-state index in [1.165, 1.54) is 0 Å². The fraction of sp³-hybridized carbons (Fsp3) is 0.368. The number of aromatic nitrogens is 2. The number of hydrogen-bond donors (Lipinski definition) is 0. The van der Waals surface area contributed by atoms with Crippen LogP contribution in [0.3, 0.4) is 0 Å². The molecule has 1 atom stereocenters. The van der Waals surface area contributed by atoms with E-state index in [9.17, 15) is 4.79 Å². The van der Waals surface area contributed by atoms with Crippen molar-refractivity contribution in [2.24, 2.45) is 0 Å². The fourth-order valence-electron chi connectivity index (χ4n) is 3.42. The van der Waals surface area contributed by atoms with Crippen LogP contribution in [-0.4, -0.2) is 26.4 Å². The van der Waals surface area contributed by atoms with Crippen molar-refractivity contribution in [3.8, 4) is 5.13 Å². The molecule has 25 heavy (non-hydrogen) atoms. The summed E-state index contributed by atoms with van der Waals surface area (Å²) in [6, 6.07) is 6.01. The molecule has 1 aliphatic carbocycles. The van der Waals surface area contributed by atoms with Crippen molar-refractivity contribution in [1.82, 2.24) is 14.5 Å². The molecule has 0 spiro atoms. The van der Waals surface area contributed by atoms with Crippen LogP contribution in [0.4, 0.5) is 0 Å². The first-order valence-electron chi connectivity index (χ1n) is 8.52. The molecule has 0 saturated heterocycles. The summed E-state index contributed by atoms with van der Waals surface area (Å²) in [6.45, 7) is 6.04. The van der Waals surface area contributed by atoms with E-state index in [1.54, 1.807) is 23.8 Å². The number of carbonyl (C=O) groups is 1. The van der Waals surface area contributed by atoms with Crippen LogP contribution in [-0.2, 0) is 0 Å². The normalized spacial score (nSPS) is 15.3. The predicted octanol–water partition coefficient (Wildman–Crippen LogP) is 4.51. The predicted molar refractivity (Wildman–Crippen MR) is 97.2 cm³/mol. The molecule has 3 aromatic heterocycles. The third-order valence-electron chi connectivity index (χ3n) is 4.82. The van der Waals surface area contributed by atoms with Crippen LogP contribution in [0.5, 0.6) is 0 Å². The lowest BCUT2D eigenvalue weighted by Crippen LogP contribution is -2.35. The Balaban J connectivity index is 1.71. The van der Waals surface area contributed by atoms with Crippen molar-refractivity contribution in [1.29, 1.82) is 0 Å². The minimum atomic E-state index is -0.0714. The van der Waals surface area contributed by atoms with Crippen molar-refractivity contribution in [2.45, 2.75) is 45.7 Å². The zero-order chi connectivity index (χ0) is 17.6. The number of furan rings is 1. The Morgan fingerprint density at radius 2 is 2.24 bits per heavy atom. The molecule has 0 aliphatic heterocycles. The van der Waals surface area contributed by atoms with Crippen molar-refractivity contribution in [2.75, 3.05) is 0 Å². The second kappa shape index (κ2) is 6.19. The molecule has 5 nitrogen and oxygen atoms in total. The Morgan fingerprint density at radius 3 is 2.84 bits per heavy atom. The lowest BCUT2D eigenvalue weighted by Gasteiger charge is -2.28. The molecule has 1 saturated carbocycles. The first kappa shape index (κ1) is 16.1. The van der Waals surface area contributed by atoms with Gasteiger partial charge in [0.05, 0.1) is 17.9 Å². The van der Waals surface area contributed by atoms with Crippen molar-refractivity contribution >= 4 is 17.2 Å². The third-order valence-corrected chi connectivity index (χ3v) is 5.58. The molecule has 0 unspecified atom stereocenters. The zero-order valence-corrected chi connectivity index (χ0v) is 15.4. The number of thiazole rings is 1. The monoisotopic (exact) mass is 355 g/mol. The fourth-order valence-corrected chi connectivity index (χ4v) is 4.17. The molecular formula is C19H21N3O2S. The summed E-state index contributed by atoms with van der Waals surface area (Å²) in [5.41, 5.74) is 2.71. The first-order valence-corrected chi connectivity index (χ1v) is 9.40. The summed E-state index contributed by atoms with van der Waals surface area (Å²) in [5, 5.41) is 2.84. The summed E-state index contributed by atoms with van der Waals surface area (Å²) in [6.07, 6.45) is 5.57. The average molecular weight is 355 g/mol. The number of carbonyl (C=O) groups excluding carboxylic acids is 1. The van der Waals surface area contributed by atoms with Crippen LogP contribution >= 0.6 is 11.3 Å². The molecular weight excluding hydrogens is 334 g/mol. The highest BCUT2D eigenvalue weighted by Crippen LogP contribution is 2.36. The van der Waals surface area contributed by atoms with Crippen LogP contribution in [0.2, 0.25) is 0 Å². The van der Waals surface area contributed by atoms with Gasteiger partial charge in [-0.1, -0.05) is 0 Å². The van der Waals surface area contributed by atoms with E-state index in [2.05, 4.69) is 9.55 Å². The van der Waals surface area contributed by atoms with Crippen molar-refractivity contribution in [3.63, 3.8) is 0 Å². The van der Waals surface area contributed by atoms with Gasteiger partial charge in [0.25, 0.3) is 5.91 Å². The molecule has 1 aliphatic rings. The van der Waals surface area contributed by atoms with Crippen LogP contribution in [0.25, 0.3) is 5.13 Å². The number of amides is 1. The summed E-state index contributed by atoms with van der Waals surface area (Å²) in [7, 11) is 0. The largest absolute Gasteiger partial charge is 0.467 e. The van der Waals surface area contributed by atoms with E-state index in [0.717, 1.165) is 40.7 Å². The van der Waals surface area contributed by atoms with Gasteiger partial charge in [-0.25, -0.2) is 4.98 Å². The zero-order valence-electron chi connectivity index (χ0n) is 14.6. The molecule has 0 aromatic carbocycles. The minimum absolute atomic E-state index is 0.0714. The number of hydrogen-bond acceptors (Lipinski definition) is 4. The van der Waals surface area contributed by atoms with E-state index in [1.807, 2.05) is 49.3 Å². The van der Waals surface area contributed by atoms with Gasteiger partial charge in [-0.2, -0.15) is 0 Å². The van der Waals surface area contributed by atoms with E-state index in [0.29, 0.717) is 6.04 Å². The van der Waals surface area contributed by atoms with Gasteiger partial charge in [0.15, 0.2) is 5.13 Å². The van der Waals surface area contributed by atoms with E-state index in [-0.39, 0.29) is 11.9 Å². The Bertz CT molecular complexity index is 876. The third kappa shape index (κ3) is 2.80. The van der Waals surface area contributed by atoms with Crippen LogP contribution in [0, 0.1) is 13.8 Å².